The smallest absolute Gasteiger partial charge is 0.222 e. The Kier molecular flexibility index (Phi) is 4.72. The summed E-state index contributed by atoms with van der Waals surface area (Å²) in [5.74, 6) is 0.878. The first-order valence-electron chi connectivity index (χ1n) is 9.00. The van der Waals surface area contributed by atoms with Gasteiger partial charge in [0, 0.05) is 11.6 Å². The summed E-state index contributed by atoms with van der Waals surface area (Å²) in [5, 5.41) is 12.1. The van der Waals surface area contributed by atoms with Gasteiger partial charge < -0.3 is 11.1 Å². The highest BCUT2D eigenvalue weighted by Crippen LogP contribution is 2.23. The SMILES string of the molecule is Cc1cc(C)cc(-c2cc(NCc3cnn(-c4ccccc4)n3)nc(N)n2)c1. The Morgan fingerprint density at radius 2 is 1.71 bits per heavy atom. The van der Waals surface area contributed by atoms with E-state index in [-0.39, 0.29) is 5.95 Å². The van der Waals surface area contributed by atoms with Gasteiger partial charge in [-0.15, -0.1) is 0 Å². The number of nitrogens with zero attached hydrogens (tertiary/aromatic N) is 5. The first-order valence-corrected chi connectivity index (χ1v) is 9.00. The Hall–Kier alpha value is -3.74. The van der Waals surface area contributed by atoms with E-state index in [1.807, 2.05) is 36.4 Å². The number of aromatic nitrogens is 5. The number of hydrogen-bond donors (Lipinski definition) is 2. The molecule has 140 valence electrons. The van der Waals surface area contributed by atoms with Crippen molar-refractivity contribution in [1.29, 1.82) is 0 Å². The van der Waals surface area contributed by atoms with Crippen LogP contribution in [-0.4, -0.2) is 25.0 Å². The van der Waals surface area contributed by atoms with Gasteiger partial charge >= 0.3 is 0 Å². The molecule has 0 bridgehead atoms. The van der Waals surface area contributed by atoms with Crippen molar-refractivity contribution in [3.05, 3.63) is 77.6 Å². The maximum absolute atomic E-state index is 5.93. The van der Waals surface area contributed by atoms with E-state index < -0.39 is 0 Å². The van der Waals surface area contributed by atoms with Crippen molar-refractivity contribution in [2.75, 3.05) is 11.1 Å². The van der Waals surface area contributed by atoms with Crippen molar-refractivity contribution in [3.8, 4) is 16.9 Å². The van der Waals surface area contributed by atoms with Gasteiger partial charge in [0.25, 0.3) is 0 Å². The molecule has 0 radical (unpaired) electrons. The van der Waals surface area contributed by atoms with E-state index in [1.165, 1.54) is 11.1 Å². The normalized spacial score (nSPS) is 10.8. The molecule has 2 heterocycles. The zero-order chi connectivity index (χ0) is 19.5. The predicted molar refractivity (Wildman–Crippen MR) is 110 cm³/mol. The van der Waals surface area contributed by atoms with E-state index in [2.05, 4.69) is 57.5 Å². The fourth-order valence-corrected chi connectivity index (χ4v) is 3.07. The number of para-hydroxylation sites is 1. The van der Waals surface area contributed by atoms with E-state index in [9.17, 15) is 0 Å². The second-order valence-corrected chi connectivity index (χ2v) is 6.69. The van der Waals surface area contributed by atoms with E-state index in [4.69, 9.17) is 5.73 Å². The van der Waals surface area contributed by atoms with Crippen molar-refractivity contribution >= 4 is 11.8 Å². The van der Waals surface area contributed by atoms with Crippen LogP contribution < -0.4 is 11.1 Å². The average molecular weight is 371 g/mol. The number of rotatable bonds is 5. The maximum atomic E-state index is 5.93. The molecule has 0 aliphatic heterocycles. The lowest BCUT2D eigenvalue weighted by molar-refractivity contribution is 0.740. The molecule has 2 aromatic heterocycles. The summed E-state index contributed by atoms with van der Waals surface area (Å²) in [6.45, 7) is 4.61. The van der Waals surface area contributed by atoms with E-state index in [0.29, 0.717) is 12.4 Å². The zero-order valence-corrected chi connectivity index (χ0v) is 15.8. The second-order valence-electron chi connectivity index (χ2n) is 6.69. The topological polar surface area (TPSA) is 94.5 Å². The monoisotopic (exact) mass is 371 g/mol. The molecule has 4 rings (SSSR count). The molecule has 0 saturated heterocycles. The molecule has 0 amide bonds. The van der Waals surface area contributed by atoms with Crippen LogP contribution >= 0.6 is 0 Å². The Bertz CT molecular complexity index is 1080. The maximum Gasteiger partial charge on any atom is 0.222 e. The highest BCUT2D eigenvalue weighted by molar-refractivity contribution is 5.65. The summed E-state index contributed by atoms with van der Waals surface area (Å²) in [7, 11) is 0. The third-order valence-corrected chi connectivity index (χ3v) is 4.24. The summed E-state index contributed by atoms with van der Waals surface area (Å²) < 4.78 is 0. The largest absolute Gasteiger partial charge is 0.368 e. The quantitative estimate of drug-likeness (QED) is 0.557. The lowest BCUT2D eigenvalue weighted by Crippen LogP contribution is -2.06. The number of hydrogen-bond acceptors (Lipinski definition) is 6. The minimum absolute atomic E-state index is 0.229. The van der Waals surface area contributed by atoms with Gasteiger partial charge in [0.1, 0.15) is 11.5 Å². The number of benzene rings is 2. The van der Waals surface area contributed by atoms with Crippen LogP contribution in [0.4, 0.5) is 11.8 Å². The highest BCUT2D eigenvalue weighted by Gasteiger charge is 2.08. The van der Waals surface area contributed by atoms with Gasteiger partial charge in [0.05, 0.1) is 24.1 Å². The molecule has 7 nitrogen and oxygen atoms in total. The first kappa shape index (κ1) is 17.7. The van der Waals surface area contributed by atoms with Crippen molar-refractivity contribution in [2.24, 2.45) is 0 Å². The second kappa shape index (κ2) is 7.48. The Morgan fingerprint density at radius 3 is 2.46 bits per heavy atom. The Labute approximate surface area is 163 Å². The molecule has 4 aromatic rings. The number of nitrogens with one attached hydrogen (secondary N) is 1. The summed E-state index contributed by atoms with van der Waals surface area (Å²) in [4.78, 5) is 10.3. The Balaban J connectivity index is 1.53. The number of anilines is 2. The van der Waals surface area contributed by atoms with Gasteiger partial charge in [-0.2, -0.15) is 20.0 Å². The molecule has 0 saturated carbocycles. The standard InChI is InChI=1S/C21H21N7/c1-14-8-15(2)10-16(9-14)19-11-20(26-21(22)25-19)23-12-17-13-24-28(27-17)18-6-4-3-5-7-18/h3-11,13H,12H2,1-2H3,(H3,22,23,25,26). The van der Waals surface area contributed by atoms with Crippen molar-refractivity contribution in [1.82, 2.24) is 25.0 Å². The van der Waals surface area contributed by atoms with Crippen LogP contribution in [0.1, 0.15) is 16.8 Å². The van der Waals surface area contributed by atoms with Crippen LogP contribution in [0.3, 0.4) is 0 Å². The van der Waals surface area contributed by atoms with Crippen LogP contribution in [-0.2, 0) is 6.54 Å². The molecule has 0 spiro atoms. The van der Waals surface area contributed by atoms with E-state index in [0.717, 1.165) is 22.6 Å². The molecule has 2 aromatic carbocycles. The van der Waals surface area contributed by atoms with E-state index >= 15 is 0 Å². The lowest BCUT2D eigenvalue weighted by Gasteiger charge is -2.09. The highest BCUT2D eigenvalue weighted by atomic mass is 15.5. The minimum Gasteiger partial charge on any atom is -0.368 e. The molecule has 3 N–H and O–H groups in total. The van der Waals surface area contributed by atoms with E-state index in [1.54, 1.807) is 11.0 Å². The van der Waals surface area contributed by atoms with Gasteiger partial charge in [-0.1, -0.05) is 35.4 Å². The van der Waals surface area contributed by atoms with Gasteiger partial charge in [0.15, 0.2) is 0 Å². The van der Waals surface area contributed by atoms with Crippen LogP contribution in [0, 0.1) is 13.8 Å². The minimum atomic E-state index is 0.229. The Morgan fingerprint density at radius 1 is 0.964 bits per heavy atom. The van der Waals surface area contributed by atoms with Crippen LogP contribution in [0.2, 0.25) is 0 Å². The zero-order valence-electron chi connectivity index (χ0n) is 15.8. The van der Waals surface area contributed by atoms with Crippen molar-refractivity contribution in [3.63, 3.8) is 0 Å². The van der Waals surface area contributed by atoms with Crippen molar-refractivity contribution in [2.45, 2.75) is 20.4 Å². The first-order chi connectivity index (χ1) is 13.6. The van der Waals surface area contributed by atoms with Crippen LogP contribution in [0.5, 0.6) is 0 Å². The molecule has 28 heavy (non-hydrogen) atoms. The van der Waals surface area contributed by atoms with Crippen molar-refractivity contribution < 1.29 is 0 Å². The fraction of sp³-hybridized carbons (Fsp3) is 0.143. The van der Waals surface area contributed by atoms with Gasteiger partial charge in [-0.05, 0) is 38.1 Å². The summed E-state index contributed by atoms with van der Waals surface area (Å²) in [6, 6.07) is 18.0. The molecule has 0 aliphatic rings. The lowest BCUT2D eigenvalue weighted by atomic mass is 10.0. The summed E-state index contributed by atoms with van der Waals surface area (Å²) in [6.07, 6.45) is 1.73. The number of nitrogens with two attached hydrogens (primary N) is 1. The fourth-order valence-electron chi connectivity index (χ4n) is 3.07. The molecule has 0 unspecified atom stereocenters. The van der Waals surface area contributed by atoms with Gasteiger partial charge in [-0.25, -0.2) is 4.98 Å². The van der Waals surface area contributed by atoms with Gasteiger partial charge in [0.2, 0.25) is 5.95 Å². The van der Waals surface area contributed by atoms with Crippen LogP contribution in [0.25, 0.3) is 16.9 Å². The molecule has 0 aliphatic carbocycles. The van der Waals surface area contributed by atoms with Crippen LogP contribution in [0.15, 0.2) is 60.8 Å². The third kappa shape index (κ3) is 3.98. The number of aryl methyl sites for hydroxylation is 2. The predicted octanol–water partition coefficient (Wildman–Crippen LogP) is 3.54. The third-order valence-electron chi connectivity index (χ3n) is 4.24. The molecular formula is C21H21N7. The average Bonchev–Trinajstić information content (AvgIpc) is 3.15. The molecule has 0 atom stereocenters. The number of nitrogen functional groups attached to an aromatic ring is 1. The molecular weight excluding hydrogens is 350 g/mol. The molecule has 7 heteroatoms. The van der Waals surface area contributed by atoms with Gasteiger partial charge in [-0.3, -0.25) is 0 Å². The summed E-state index contributed by atoms with van der Waals surface area (Å²) >= 11 is 0. The summed E-state index contributed by atoms with van der Waals surface area (Å²) in [5.41, 5.74) is 11.8. The molecule has 0 fully saturated rings.